The molecule has 1 heterocycles. The highest BCUT2D eigenvalue weighted by atomic mass is 19.1. The zero-order chi connectivity index (χ0) is 16.0. The Kier molecular flexibility index (Phi) is 3.44. The van der Waals surface area contributed by atoms with Crippen LogP contribution in [0.5, 0.6) is 5.75 Å². The van der Waals surface area contributed by atoms with Crippen LogP contribution >= 0.6 is 0 Å². The van der Waals surface area contributed by atoms with E-state index in [0.717, 1.165) is 22.2 Å². The average molecular weight is 297 g/mol. The molecule has 0 atom stereocenters. The molecule has 0 amide bonds. The van der Waals surface area contributed by atoms with Crippen molar-refractivity contribution in [3.63, 3.8) is 0 Å². The van der Waals surface area contributed by atoms with Gasteiger partial charge in [-0.15, -0.1) is 0 Å². The fourth-order valence-electron chi connectivity index (χ4n) is 3.19. The summed E-state index contributed by atoms with van der Waals surface area (Å²) in [5.41, 5.74) is 4.95. The molecular weight excluding hydrogens is 277 g/mol. The maximum atomic E-state index is 13.6. The van der Waals surface area contributed by atoms with E-state index >= 15 is 0 Å². The topological polar surface area (TPSA) is 25.2 Å². The standard InChI is InChI=1S/C19H20FNO/c1-11(2)19-13(4)16-10-15(22)6-8-18(16)21(19)14-5-7-17(20)12(3)9-14/h5-11,22H,1-4H3. The highest BCUT2D eigenvalue weighted by molar-refractivity contribution is 5.88. The van der Waals surface area contributed by atoms with Gasteiger partial charge in [0.05, 0.1) is 5.52 Å². The van der Waals surface area contributed by atoms with E-state index in [1.54, 1.807) is 25.1 Å². The second kappa shape index (κ2) is 5.16. The largest absolute Gasteiger partial charge is 0.508 e. The van der Waals surface area contributed by atoms with E-state index in [9.17, 15) is 9.50 Å². The first-order chi connectivity index (χ1) is 10.4. The normalized spacial score (nSPS) is 11.5. The first-order valence-corrected chi connectivity index (χ1v) is 7.50. The Morgan fingerprint density at radius 2 is 1.77 bits per heavy atom. The molecule has 3 aromatic rings. The smallest absolute Gasteiger partial charge is 0.126 e. The summed E-state index contributed by atoms with van der Waals surface area (Å²) in [6, 6.07) is 10.6. The number of aryl methyl sites for hydroxylation is 2. The predicted molar refractivity (Wildman–Crippen MR) is 88.5 cm³/mol. The number of nitrogens with zero attached hydrogens (tertiary/aromatic N) is 1. The fourth-order valence-corrected chi connectivity index (χ4v) is 3.19. The van der Waals surface area contributed by atoms with Crippen molar-refractivity contribution in [2.45, 2.75) is 33.6 Å². The minimum absolute atomic E-state index is 0.194. The number of phenols is 1. The van der Waals surface area contributed by atoms with Crippen LogP contribution in [0.3, 0.4) is 0 Å². The van der Waals surface area contributed by atoms with Gasteiger partial charge in [-0.2, -0.15) is 0 Å². The third-order valence-electron chi connectivity index (χ3n) is 4.20. The van der Waals surface area contributed by atoms with Crippen molar-refractivity contribution in [3.05, 3.63) is 59.0 Å². The lowest BCUT2D eigenvalue weighted by Crippen LogP contribution is -2.03. The van der Waals surface area contributed by atoms with E-state index < -0.39 is 0 Å². The number of hydrogen-bond acceptors (Lipinski definition) is 1. The van der Waals surface area contributed by atoms with Gasteiger partial charge in [-0.05, 0) is 67.3 Å². The van der Waals surface area contributed by atoms with Crippen molar-refractivity contribution in [1.82, 2.24) is 4.57 Å². The third-order valence-corrected chi connectivity index (χ3v) is 4.20. The summed E-state index contributed by atoms with van der Waals surface area (Å²) in [4.78, 5) is 0. The van der Waals surface area contributed by atoms with Gasteiger partial charge in [-0.3, -0.25) is 0 Å². The van der Waals surface area contributed by atoms with Gasteiger partial charge >= 0.3 is 0 Å². The number of hydrogen-bond donors (Lipinski definition) is 1. The summed E-state index contributed by atoms with van der Waals surface area (Å²) >= 11 is 0. The first-order valence-electron chi connectivity index (χ1n) is 7.50. The van der Waals surface area contributed by atoms with Crippen molar-refractivity contribution in [1.29, 1.82) is 0 Å². The molecule has 114 valence electrons. The summed E-state index contributed by atoms with van der Waals surface area (Å²) in [7, 11) is 0. The zero-order valence-corrected chi connectivity index (χ0v) is 13.3. The van der Waals surface area contributed by atoms with Crippen LogP contribution in [0.1, 0.15) is 36.6 Å². The van der Waals surface area contributed by atoms with E-state index in [1.165, 1.54) is 11.8 Å². The van der Waals surface area contributed by atoms with Crippen molar-refractivity contribution >= 4 is 10.9 Å². The minimum Gasteiger partial charge on any atom is -0.508 e. The monoisotopic (exact) mass is 297 g/mol. The lowest BCUT2D eigenvalue weighted by atomic mass is 10.0. The molecule has 1 N–H and O–H groups in total. The molecule has 22 heavy (non-hydrogen) atoms. The average Bonchev–Trinajstić information content (AvgIpc) is 2.75. The number of rotatable bonds is 2. The quantitative estimate of drug-likeness (QED) is 0.689. The maximum absolute atomic E-state index is 13.6. The molecule has 2 nitrogen and oxygen atoms in total. The van der Waals surface area contributed by atoms with Gasteiger partial charge in [0.1, 0.15) is 11.6 Å². The number of aromatic nitrogens is 1. The summed E-state index contributed by atoms with van der Waals surface area (Å²) in [5, 5.41) is 10.8. The lowest BCUT2D eigenvalue weighted by Gasteiger charge is -2.15. The minimum atomic E-state index is -0.194. The van der Waals surface area contributed by atoms with Gasteiger partial charge in [-0.1, -0.05) is 13.8 Å². The Labute approximate surface area is 129 Å². The predicted octanol–water partition coefficient (Wildman–Crippen LogP) is 5.22. The molecule has 3 rings (SSSR count). The third kappa shape index (κ3) is 2.17. The summed E-state index contributed by atoms with van der Waals surface area (Å²) in [5.74, 6) is 0.388. The van der Waals surface area contributed by atoms with Crippen LogP contribution in [0.4, 0.5) is 4.39 Å². The fraction of sp³-hybridized carbons (Fsp3) is 0.263. The molecule has 0 saturated carbocycles. The number of benzene rings is 2. The second-order valence-electron chi connectivity index (χ2n) is 6.14. The molecule has 0 aliphatic rings. The van der Waals surface area contributed by atoms with Gasteiger partial charge in [0.15, 0.2) is 0 Å². The Bertz CT molecular complexity index is 861. The summed E-state index contributed by atoms with van der Waals surface area (Å²) < 4.78 is 15.8. The van der Waals surface area contributed by atoms with Crippen molar-refractivity contribution in [2.24, 2.45) is 0 Å². The molecule has 0 unspecified atom stereocenters. The van der Waals surface area contributed by atoms with Crippen molar-refractivity contribution in [3.8, 4) is 11.4 Å². The molecule has 0 aliphatic carbocycles. The molecule has 0 spiro atoms. The summed E-state index contributed by atoms with van der Waals surface area (Å²) in [6.07, 6.45) is 0. The maximum Gasteiger partial charge on any atom is 0.126 e. The zero-order valence-electron chi connectivity index (χ0n) is 13.3. The number of fused-ring (bicyclic) bond motifs is 1. The molecule has 0 fully saturated rings. The van der Waals surface area contributed by atoms with Crippen molar-refractivity contribution < 1.29 is 9.50 Å². The molecule has 0 aliphatic heterocycles. The van der Waals surface area contributed by atoms with Gasteiger partial charge in [0.25, 0.3) is 0 Å². The Balaban J connectivity index is 2.40. The molecule has 3 heteroatoms. The SMILES string of the molecule is Cc1cc(-n2c(C(C)C)c(C)c3cc(O)ccc32)ccc1F. The molecule has 1 aromatic heterocycles. The highest BCUT2D eigenvalue weighted by Gasteiger charge is 2.18. The van der Waals surface area contributed by atoms with Gasteiger partial charge < -0.3 is 9.67 Å². The van der Waals surface area contributed by atoms with E-state index in [-0.39, 0.29) is 11.6 Å². The van der Waals surface area contributed by atoms with Crippen LogP contribution in [-0.2, 0) is 0 Å². The van der Waals surface area contributed by atoms with E-state index in [0.29, 0.717) is 11.5 Å². The number of halogens is 1. The Hall–Kier alpha value is -2.29. The van der Waals surface area contributed by atoms with Crippen LogP contribution in [0.25, 0.3) is 16.6 Å². The summed E-state index contributed by atoms with van der Waals surface area (Å²) in [6.45, 7) is 8.14. The highest BCUT2D eigenvalue weighted by Crippen LogP contribution is 2.35. The second-order valence-corrected chi connectivity index (χ2v) is 6.14. The van der Waals surface area contributed by atoms with Gasteiger partial charge in [0, 0.05) is 16.8 Å². The van der Waals surface area contributed by atoms with Crippen LogP contribution < -0.4 is 0 Å². The molecule has 2 aromatic carbocycles. The molecule has 0 bridgehead atoms. The van der Waals surface area contributed by atoms with Crippen LogP contribution in [0.15, 0.2) is 36.4 Å². The van der Waals surface area contributed by atoms with E-state index in [2.05, 4.69) is 25.3 Å². The number of phenolic OH excluding ortho intramolecular Hbond substituents is 1. The lowest BCUT2D eigenvalue weighted by molar-refractivity contribution is 0.476. The molecular formula is C19H20FNO. The van der Waals surface area contributed by atoms with Crippen molar-refractivity contribution in [2.75, 3.05) is 0 Å². The van der Waals surface area contributed by atoms with E-state index in [4.69, 9.17) is 0 Å². The molecule has 0 radical (unpaired) electrons. The van der Waals surface area contributed by atoms with Gasteiger partial charge in [0.2, 0.25) is 0 Å². The number of aromatic hydroxyl groups is 1. The molecule has 0 saturated heterocycles. The first kappa shape index (κ1) is 14.6. The van der Waals surface area contributed by atoms with Crippen LogP contribution in [-0.4, -0.2) is 9.67 Å². The Morgan fingerprint density at radius 3 is 2.41 bits per heavy atom. The Morgan fingerprint density at radius 1 is 1.05 bits per heavy atom. The van der Waals surface area contributed by atoms with E-state index in [1.807, 2.05) is 12.1 Å². The van der Waals surface area contributed by atoms with Gasteiger partial charge in [-0.25, -0.2) is 4.39 Å². The van der Waals surface area contributed by atoms with Crippen LogP contribution in [0, 0.1) is 19.7 Å². The van der Waals surface area contributed by atoms with Crippen LogP contribution in [0.2, 0.25) is 0 Å².